The first-order chi connectivity index (χ1) is 16.4. The fraction of sp³-hybridized carbons (Fsp3) is 0.125. The van der Waals surface area contributed by atoms with Crippen molar-refractivity contribution < 1.29 is 22.4 Å². The third-order valence-electron chi connectivity index (χ3n) is 4.99. The van der Waals surface area contributed by atoms with Crippen LogP contribution in [0.1, 0.15) is 21.9 Å². The topological polar surface area (TPSA) is 121 Å². The Bertz CT molecular complexity index is 1490. The van der Waals surface area contributed by atoms with Crippen LogP contribution in [-0.4, -0.2) is 30.5 Å². The Kier molecular flexibility index (Phi) is 6.71. The molecule has 0 radical (unpaired) electrons. The van der Waals surface area contributed by atoms with Gasteiger partial charge in [-0.25, -0.2) is 22.9 Å². The van der Waals surface area contributed by atoms with Gasteiger partial charge in [0.05, 0.1) is 34.2 Å². The second-order valence-electron chi connectivity index (χ2n) is 7.26. The molecule has 0 aliphatic rings. The molecule has 0 amide bonds. The molecule has 4 rings (SSSR count). The summed E-state index contributed by atoms with van der Waals surface area (Å²) in [5.41, 5.74) is 0.355. The van der Waals surface area contributed by atoms with Crippen LogP contribution in [0, 0.1) is 0 Å². The van der Waals surface area contributed by atoms with Gasteiger partial charge in [-0.3, -0.25) is 9.36 Å². The molecular weight excluding hydrogens is 458 g/mol. The summed E-state index contributed by atoms with van der Waals surface area (Å²) in [6.45, 7) is 3.42. The molecule has 0 saturated heterocycles. The van der Waals surface area contributed by atoms with Crippen LogP contribution in [-0.2, 0) is 27.9 Å². The second-order valence-corrected chi connectivity index (χ2v) is 9.02. The normalized spacial score (nSPS) is 11.4. The van der Waals surface area contributed by atoms with E-state index in [2.05, 4.69) is 16.3 Å². The van der Waals surface area contributed by atoms with Gasteiger partial charge in [0, 0.05) is 6.54 Å². The Morgan fingerprint density at radius 1 is 1.12 bits per heavy atom. The molecule has 0 bridgehead atoms. The molecule has 0 atom stereocenters. The molecule has 10 heteroatoms. The number of carbonyl (C=O) groups is 1. The van der Waals surface area contributed by atoms with Gasteiger partial charge in [-0.05, 0) is 48.5 Å². The molecule has 9 nitrogen and oxygen atoms in total. The fourth-order valence-electron chi connectivity index (χ4n) is 3.28. The summed E-state index contributed by atoms with van der Waals surface area (Å²) in [6, 6.07) is 15.7. The lowest BCUT2D eigenvalue weighted by atomic mass is 10.2. The maximum absolute atomic E-state index is 13.1. The average molecular weight is 480 g/mol. The van der Waals surface area contributed by atoms with Gasteiger partial charge in [0.15, 0.2) is 5.82 Å². The molecule has 0 unspecified atom stereocenters. The third-order valence-corrected chi connectivity index (χ3v) is 6.42. The molecule has 0 spiro atoms. The Hall–Kier alpha value is -4.02. The zero-order chi connectivity index (χ0) is 24.1. The molecule has 0 aliphatic heterocycles. The maximum Gasteiger partial charge on any atom is 0.338 e. The van der Waals surface area contributed by atoms with Crippen LogP contribution in [0.2, 0.25) is 0 Å². The van der Waals surface area contributed by atoms with E-state index < -0.39 is 16.0 Å². The maximum atomic E-state index is 13.1. The lowest BCUT2D eigenvalue weighted by molar-refractivity contribution is 0.0456. The average Bonchev–Trinajstić information content (AvgIpc) is 3.37. The zero-order valence-corrected chi connectivity index (χ0v) is 18.8. The number of rotatable bonds is 9. The molecule has 174 valence electrons. The van der Waals surface area contributed by atoms with E-state index in [4.69, 9.17) is 9.15 Å². The molecule has 2 aromatic heterocycles. The standard InChI is InChI=1S/C24H21N3O6S/c1-2-13-25-34(30,31)19-11-9-17(10-12-19)24(29)33-16-22-26-21-8-4-3-7-20(21)23(28)27(22)15-18-6-5-14-32-18/h2-12,14,25H,1,13,15-16H2. The fourth-order valence-corrected chi connectivity index (χ4v) is 4.28. The molecule has 4 aromatic rings. The van der Waals surface area contributed by atoms with Gasteiger partial charge >= 0.3 is 5.97 Å². The second kappa shape index (κ2) is 9.86. The number of para-hydroxylation sites is 1. The highest BCUT2D eigenvalue weighted by Gasteiger charge is 2.17. The molecular formula is C24H21N3O6S. The van der Waals surface area contributed by atoms with Crippen molar-refractivity contribution in [1.82, 2.24) is 14.3 Å². The monoisotopic (exact) mass is 479 g/mol. The van der Waals surface area contributed by atoms with E-state index in [1.165, 1.54) is 41.2 Å². The van der Waals surface area contributed by atoms with Gasteiger partial charge in [-0.1, -0.05) is 18.2 Å². The molecule has 0 fully saturated rings. The van der Waals surface area contributed by atoms with Crippen LogP contribution in [0.25, 0.3) is 10.9 Å². The van der Waals surface area contributed by atoms with Crippen molar-refractivity contribution in [3.63, 3.8) is 0 Å². The first kappa shape index (κ1) is 23.1. The van der Waals surface area contributed by atoms with E-state index in [9.17, 15) is 18.0 Å². The van der Waals surface area contributed by atoms with E-state index in [0.29, 0.717) is 16.7 Å². The van der Waals surface area contributed by atoms with Gasteiger partial charge in [0.25, 0.3) is 5.56 Å². The Morgan fingerprint density at radius 3 is 2.59 bits per heavy atom. The number of ether oxygens (including phenoxy) is 1. The summed E-state index contributed by atoms with van der Waals surface area (Å²) in [5.74, 6) is 0.116. The van der Waals surface area contributed by atoms with Gasteiger partial charge in [-0.2, -0.15) is 0 Å². The lowest BCUT2D eigenvalue weighted by Gasteiger charge is -2.13. The van der Waals surface area contributed by atoms with Gasteiger partial charge in [0.2, 0.25) is 10.0 Å². The van der Waals surface area contributed by atoms with Crippen LogP contribution in [0.3, 0.4) is 0 Å². The van der Waals surface area contributed by atoms with Crippen LogP contribution in [0.4, 0.5) is 0 Å². The number of esters is 1. The third kappa shape index (κ3) is 4.98. The highest BCUT2D eigenvalue weighted by molar-refractivity contribution is 7.89. The SMILES string of the molecule is C=CCNS(=O)(=O)c1ccc(C(=O)OCc2nc3ccccc3c(=O)n2Cc2ccco2)cc1. The Labute approximate surface area is 195 Å². The minimum Gasteiger partial charge on any atom is -0.467 e. The van der Waals surface area contributed by atoms with Crippen molar-refractivity contribution in [3.8, 4) is 0 Å². The van der Waals surface area contributed by atoms with E-state index in [1.807, 2.05) is 0 Å². The first-order valence-corrected chi connectivity index (χ1v) is 11.8. The molecule has 2 aromatic carbocycles. The number of carbonyl (C=O) groups excluding carboxylic acids is 1. The van der Waals surface area contributed by atoms with Crippen molar-refractivity contribution in [2.24, 2.45) is 0 Å². The minimum absolute atomic E-state index is 0.00869. The molecule has 0 aliphatic carbocycles. The zero-order valence-electron chi connectivity index (χ0n) is 18.0. The van der Waals surface area contributed by atoms with Crippen LogP contribution >= 0.6 is 0 Å². The number of furan rings is 1. The Balaban J connectivity index is 1.56. The van der Waals surface area contributed by atoms with E-state index in [1.54, 1.807) is 36.4 Å². The lowest BCUT2D eigenvalue weighted by Crippen LogP contribution is -2.27. The molecule has 0 saturated carbocycles. The molecule has 2 heterocycles. The van der Waals surface area contributed by atoms with Crippen molar-refractivity contribution >= 4 is 26.9 Å². The number of aromatic nitrogens is 2. The molecule has 1 N–H and O–H groups in total. The summed E-state index contributed by atoms with van der Waals surface area (Å²) < 4.78 is 38.8. The van der Waals surface area contributed by atoms with Crippen molar-refractivity contribution in [2.75, 3.05) is 6.54 Å². The van der Waals surface area contributed by atoms with Crippen LogP contribution < -0.4 is 10.3 Å². The summed E-state index contributed by atoms with van der Waals surface area (Å²) >= 11 is 0. The van der Waals surface area contributed by atoms with Crippen LogP contribution in [0.15, 0.2) is 93.7 Å². The summed E-state index contributed by atoms with van der Waals surface area (Å²) in [7, 11) is -3.71. The minimum atomic E-state index is -3.71. The van der Waals surface area contributed by atoms with Gasteiger partial charge in [0.1, 0.15) is 12.4 Å². The number of hydrogen-bond donors (Lipinski definition) is 1. The smallest absolute Gasteiger partial charge is 0.338 e. The van der Waals surface area contributed by atoms with Gasteiger partial charge < -0.3 is 9.15 Å². The largest absolute Gasteiger partial charge is 0.467 e. The summed E-state index contributed by atoms with van der Waals surface area (Å²) in [5, 5.41) is 0.436. The highest BCUT2D eigenvalue weighted by Crippen LogP contribution is 2.14. The predicted molar refractivity (Wildman–Crippen MR) is 125 cm³/mol. The van der Waals surface area contributed by atoms with E-state index in [-0.39, 0.29) is 41.5 Å². The summed E-state index contributed by atoms with van der Waals surface area (Å²) in [4.78, 5) is 30.2. The van der Waals surface area contributed by atoms with E-state index >= 15 is 0 Å². The van der Waals surface area contributed by atoms with Crippen molar-refractivity contribution in [3.05, 3.63) is 107 Å². The van der Waals surface area contributed by atoms with Crippen molar-refractivity contribution in [2.45, 2.75) is 18.0 Å². The van der Waals surface area contributed by atoms with Crippen LogP contribution in [0.5, 0.6) is 0 Å². The number of hydrogen-bond acceptors (Lipinski definition) is 7. The molecule has 34 heavy (non-hydrogen) atoms. The Morgan fingerprint density at radius 2 is 1.88 bits per heavy atom. The van der Waals surface area contributed by atoms with E-state index in [0.717, 1.165) is 0 Å². The first-order valence-electron chi connectivity index (χ1n) is 10.3. The number of fused-ring (bicyclic) bond motifs is 1. The number of nitrogens with one attached hydrogen (secondary N) is 1. The van der Waals surface area contributed by atoms with Gasteiger partial charge in [-0.15, -0.1) is 6.58 Å². The highest BCUT2D eigenvalue weighted by atomic mass is 32.2. The summed E-state index contributed by atoms with van der Waals surface area (Å²) in [6.07, 6.45) is 2.93. The number of sulfonamides is 1. The number of benzene rings is 2. The quantitative estimate of drug-likeness (QED) is 0.289. The predicted octanol–water partition coefficient (Wildman–Crippen LogP) is 2.86. The van der Waals surface area contributed by atoms with Crippen molar-refractivity contribution in [1.29, 1.82) is 0 Å². The number of nitrogens with zero attached hydrogens (tertiary/aromatic N) is 2.